The van der Waals surface area contributed by atoms with Gasteiger partial charge in [-0.25, -0.2) is 0 Å². The number of carbonyl (C=O) groups is 1. The number of unbranched alkanes of at least 4 members (excludes halogenated alkanes) is 2. The lowest BCUT2D eigenvalue weighted by Crippen LogP contribution is -2.28. The maximum Gasteiger partial charge on any atom is 0.315 e. The summed E-state index contributed by atoms with van der Waals surface area (Å²) < 4.78 is 4.64. The van der Waals surface area contributed by atoms with Gasteiger partial charge in [0.1, 0.15) is 13.7 Å². The van der Waals surface area contributed by atoms with Crippen LogP contribution in [0.5, 0.6) is 0 Å². The number of ether oxygens (including phenoxy) is 1. The van der Waals surface area contributed by atoms with E-state index in [4.69, 9.17) is 0 Å². The molecule has 1 unspecified atom stereocenters. The van der Waals surface area contributed by atoms with Crippen molar-refractivity contribution >= 4 is 25.8 Å². The number of thioether (sulfide) groups is 1. The van der Waals surface area contributed by atoms with Gasteiger partial charge in [0.15, 0.2) is 0 Å². The summed E-state index contributed by atoms with van der Waals surface area (Å²) >= 11 is 1.56. The fraction of sp³-hybridized carbons (Fsp3) is 0.800. The lowest BCUT2D eigenvalue weighted by atomic mass is 9.87. The number of hydrogen-bond donors (Lipinski definition) is 3. The summed E-state index contributed by atoms with van der Waals surface area (Å²) in [5.74, 6) is 4.12. The number of esters is 1. The molecule has 0 aromatic rings. The van der Waals surface area contributed by atoms with E-state index in [1.165, 1.54) is 7.11 Å². The molecule has 0 amide bonds. The van der Waals surface area contributed by atoms with Gasteiger partial charge in [-0.1, -0.05) is 57.5 Å². The van der Waals surface area contributed by atoms with E-state index in [1.54, 1.807) is 11.8 Å². The number of aliphatic hydroxyl groups is 3. The molecule has 1 rings (SSSR count). The number of carbonyl (C=O) groups excluding carboxylic acids is 1. The molecule has 0 aromatic heterocycles. The zero-order chi connectivity index (χ0) is 24.2. The molecule has 7 heteroatoms. The van der Waals surface area contributed by atoms with Crippen LogP contribution in [-0.2, 0) is 9.53 Å². The summed E-state index contributed by atoms with van der Waals surface area (Å²) in [4.78, 5) is 11.2. The first-order valence-electron chi connectivity index (χ1n) is 12.0. The Morgan fingerprint density at radius 3 is 2.56 bits per heavy atom. The van der Waals surface area contributed by atoms with Gasteiger partial charge in [0.25, 0.3) is 0 Å². The molecule has 5 atom stereocenters. The zero-order valence-corrected chi connectivity index (χ0v) is 22.4. The summed E-state index contributed by atoms with van der Waals surface area (Å²) in [6, 6.07) is 0. The lowest BCUT2D eigenvalue weighted by Gasteiger charge is -2.23. The highest BCUT2D eigenvalue weighted by atomic mass is 32.2. The molecule has 1 saturated carbocycles. The van der Waals surface area contributed by atoms with Gasteiger partial charge in [0.2, 0.25) is 0 Å². The average Bonchev–Trinajstić information content (AvgIpc) is 2.99. The van der Waals surface area contributed by atoms with Gasteiger partial charge in [0.05, 0.1) is 25.1 Å². The minimum atomic E-state index is -1.58. The van der Waals surface area contributed by atoms with E-state index in [9.17, 15) is 20.1 Å². The molecule has 0 saturated heterocycles. The third-order valence-electron chi connectivity index (χ3n) is 5.87. The summed E-state index contributed by atoms with van der Waals surface area (Å²) in [6.45, 7) is 8.62. The van der Waals surface area contributed by atoms with Crippen molar-refractivity contribution in [3.05, 3.63) is 12.2 Å². The van der Waals surface area contributed by atoms with Crippen molar-refractivity contribution in [1.29, 1.82) is 0 Å². The summed E-state index contributed by atoms with van der Waals surface area (Å²) in [5, 5.41) is 32.0. The van der Waals surface area contributed by atoms with Crippen LogP contribution in [0.25, 0.3) is 0 Å². The van der Waals surface area contributed by atoms with Crippen LogP contribution in [0.3, 0.4) is 0 Å². The van der Waals surface area contributed by atoms with Gasteiger partial charge < -0.3 is 20.1 Å². The number of hydrogen-bond acceptors (Lipinski definition) is 6. The van der Waals surface area contributed by atoms with Crippen LogP contribution < -0.4 is 0 Å². The normalized spacial score (nSPS) is 25.4. The van der Waals surface area contributed by atoms with Gasteiger partial charge in [0, 0.05) is 18.8 Å². The van der Waals surface area contributed by atoms with Crippen LogP contribution in [0.2, 0.25) is 19.6 Å². The molecular formula is C25H44O5SSi. The van der Waals surface area contributed by atoms with E-state index in [2.05, 4.69) is 42.8 Å². The second kappa shape index (κ2) is 14.5. The number of aliphatic hydroxyl groups excluding tert-OH is 2. The predicted molar refractivity (Wildman–Crippen MR) is 136 cm³/mol. The van der Waals surface area contributed by atoms with Crippen molar-refractivity contribution in [2.75, 3.05) is 18.6 Å². The lowest BCUT2D eigenvalue weighted by molar-refractivity contribution is -0.137. The van der Waals surface area contributed by atoms with Crippen LogP contribution in [0.4, 0.5) is 0 Å². The minimum absolute atomic E-state index is 0.0173. The van der Waals surface area contributed by atoms with Crippen LogP contribution in [-0.4, -0.2) is 65.8 Å². The largest absolute Gasteiger partial charge is 0.468 e. The fourth-order valence-electron chi connectivity index (χ4n) is 3.98. The van der Waals surface area contributed by atoms with Crippen LogP contribution in [0.1, 0.15) is 58.3 Å². The van der Waals surface area contributed by atoms with Gasteiger partial charge >= 0.3 is 5.97 Å². The van der Waals surface area contributed by atoms with E-state index in [-0.39, 0.29) is 17.8 Å². The Bertz CT molecular complexity index is 651. The fourth-order valence-corrected chi connectivity index (χ4v) is 5.43. The standard InChI is InChI=1S/C25H44O5SSi/c1-6-7-13-25(29,15-17-32(3,4)5)14-10-12-21-20(22(26)18-23(21)27)11-8-9-16-31-19-24(28)30-2/h10,12,20-23,26-27,29H,6-9,11,13-14,16,18-19H2,1-5H3/t20-,21-,22+,23-,25?/m1/s1. The third kappa shape index (κ3) is 11.4. The molecule has 5 nitrogen and oxygen atoms in total. The SMILES string of the molecule is CCCCC(O)(C#C[Si](C)(C)C)CC=C[C@@H]1[C@@H](CCCCSCC(=O)OC)[C@@H](O)C[C@H]1O. The molecular weight excluding hydrogens is 440 g/mol. The average molecular weight is 485 g/mol. The molecule has 0 aliphatic heterocycles. The van der Waals surface area contributed by atoms with Crippen molar-refractivity contribution in [1.82, 2.24) is 0 Å². The van der Waals surface area contributed by atoms with Gasteiger partial charge in [-0.3, -0.25) is 4.79 Å². The first-order chi connectivity index (χ1) is 15.0. The molecule has 0 heterocycles. The molecule has 3 N–H and O–H groups in total. The summed E-state index contributed by atoms with van der Waals surface area (Å²) in [7, 11) is -0.185. The van der Waals surface area contributed by atoms with Gasteiger partial charge in [-0.15, -0.1) is 5.54 Å². The van der Waals surface area contributed by atoms with E-state index in [0.717, 1.165) is 37.9 Å². The molecule has 1 aliphatic carbocycles. The van der Waals surface area contributed by atoms with Crippen molar-refractivity contribution < 1.29 is 24.9 Å². The molecule has 1 aliphatic rings. The molecule has 0 bridgehead atoms. The van der Waals surface area contributed by atoms with Gasteiger partial charge in [-0.2, -0.15) is 11.8 Å². The molecule has 1 fully saturated rings. The second-order valence-electron chi connectivity index (χ2n) is 10.0. The first-order valence-corrected chi connectivity index (χ1v) is 16.6. The Hall–Kier alpha value is -0.783. The Balaban J connectivity index is 2.66. The Labute approximate surface area is 200 Å². The van der Waals surface area contributed by atoms with Crippen molar-refractivity contribution in [2.45, 2.75) is 95.7 Å². The summed E-state index contributed by atoms with van der Waals surface area (Å²) in [6.07, 6.45) is 9.03. The topological polar surface area (TPSA) is 87.0 Å². The van der Waals surface area contributed by atoms with Gasteiger partial charge in [-0.05, 0) is 37.4 Å². The third-order valence-corrected chi connectivity index (χ3v) is 7.76. The smallest absolute Gasteiger partial charge is 0.315 e. The Morgan fingerprint density at radius 2 is 1.94 bits per heavy atom. The number of rotatable bonds is 13. The van der Waals surface area contributed by atoms with Crippen molar-refractivity contribution in [3.8, 4) is 11.5 Å². The predicted octanol–water partition coefficient (Wildman–Crippen LogP) is 4.17. The van der Waals surface area contributed by atoms with Crippen molar-refractivity contribution in [3.63, 3.8) is 0 Å². The minimum Gasteiger partial charge on any atom is -0.468 e. The number of methoxy groups -OCH3 is 1. The highest BCUT2D eigenvalue weighted by molar-refractivity contribution is 7.99. The monoisotopic (exact) mass is 484 g/mol. The Kier molecular flexibility index (Phi) is 13.2. The first kappa shape index (κ1) is 29.2. The van der Waals surface area contributed by atoms with E-state index >= 15 is 0 Å². The maximum absolute atomic E-state index is 11.2. The quantitative estimate of drug-likeness (QED) is 0.120. The maximum atomic E-state index is 11.2. The molecule has 0 aromatic carbocycles. The second-order valence-corrected chi connectivity index (χ2v) is 15.9. The van der Waals surface area contributed by atoms with E-state index in [1.807, 2.05) is 12.2 Å². The molecule has 32 heavy (non-hydrogen) atoms. The summed E-state index contributed by atoms with van der Waals surface area (Å²) in [5.41, 5.74) is 2.29. The zero-order valence-electron chi connectivity index (χ0n) is 20.6. The van der Waals surface area contributed by atoms with Crippen LogP contribution in [0, 0.1) is 23.3 Å². The van der Waals surface area contributed by atoms with Crippen molar-refractivity contribution in [2.24, 2.45) is 11.8 Å². The van der Waals surface area contributed by atoms with E-state index in [0.29, 0.717) is 25.0 Å². The van der Waals surface area contributed by atoms with E-state index < -0.39 is 25.9 Å². The molecule has 0 spiro atoms. The highest BCUT2D eigenvalue weighted by Gasteiger charge is 2.39. The van der Waals surface area contributed by atoms with Crippen LogP contribution >= 0.6 is 11.8 Å². The highest BCUT2D eigenvalue weighted by Crippen LogP contribution is 2.37. The molecule has 184 valence electrons. The van der Waals surface area contributed by atoms with Crippen LogP contribution in [0.15, 0.2) is 12.2 Å². The Morgan fingerprint density at radius 1 is 1.22 bits per heavy atom. The molecule has 0 radical (unpaired) electrons.